The summed E-state index contributed by atoms with van der Waals surface area (Å²) < 4.78 is 29.8. The Labute approximate surface area is 223 Å². The molecule has 3 aliphatic rings. The molecule has 2 saturated carbocycles. The largest absolute Gasteiger partial charge is 0.480 e. The number of ether oxygens (including phenoxy) is 1. The summed E-state index contributed by atoms with van der Waals surface area (Å²) in [6, 6.07) is 12.9. The highest BCUT2D eigenvalue weighted by atomic mass is 32.2. The molecule has 0 saturated heterocycles. The number of nitrogens with one attached hydrogen (secondary N) is 1. The van der Waals surface area contributed by atoms with Crippen LogP contribution in [0.25, 0.3) is 11.1 Å². The van der Waals surface area contributed by atoms with Gasteiger partial charge in [-0.3, -0.25) is 4.90 Å². The number of benzene rings is 2. The average Bonchev–Trinajstić information content (AvgIpc) is 3.71. The van der Waals surface area contributed by atoms with Crippen LogP contribution in [0.15, 0.2) is 53.7 Å². The number of urea groups is 1. The van der Waals surface area contributed by atoms with E-state index in [1.807, 2.05) is 11.0 Å². The first kappa shape index (κ1) is 24.9. The van der Waals surface area contributed by atoms with Gasteiger partial charge in [0.2, 0.25) is 5.88 Å². The molecule has 1 spiro atoms. The molecule has 1 N–H and O–H groups in total. The molecule has 1 aliphatic heterocycles. The molecule has 0 unspecified atom stereocenters. The quantitative estimate of drug-likeness (QED) is 0.461. The molecule has 9 heteroatoms. The van der Waals surface area contributed by atoms with Crippen molar-refractivity contribution in [1.82, 2.24) is 15.3 Å². The lowest BCUT2D eigenvalue weighted by Gasteiger charge is -2.39. The predicted octanol–water partition coefficient (Wildman–Crippen LogP) is 4.97. The molecule has 0 bridgehead atoms. The minimum atomic E-state index is -3.25. The summed E-state index contributed by atoms with van der Waals surface area (Å²) in [5.74, 6) is 1.11. The summed E-state index contributed by atoms with van der Waals surface area (Å²) >= 11 is 0. The third-order valence-electron chi connectivity index (χ3n) is 8.27. The highest BCUT2D eigenvalue weighted by Gasteiger charge is 2.48. The molecule has 2 fully saturated rings. The van der Waals surface area contributed by atoms with Crippen LogP contribution >= 0.6 is 0 Å². The molecule has 2 aliphatic carbocycles. The molecule has 2 heterocycles. The predicted molar refractivity (Wildman–Crippen MR) is 145 cm³/mol. The van der Waals surface area contributed by atoms with E-state index >= 15 is 0 Å². The summed E-state index contributed by atoms with van der Waals surface area (Å²) in [4.78, 5) is 24.5. The maximum atomic E-state index is 13.4. The van der Waals surface area contributed by atoms with E-state index in [0.29, 0.717) is 29.8 Å². The van der Waals surface area contributed by atoms with E-state index in [9.17, 15) is 13.2 Å². The van der Waals surface area contributed by atoms with Crippen LogP contribution in [-0.2, 0) is 21.8 Å². The third-order valence-corrected chi connectivity index (χ3v) is 10.0. The molecule has 0 radical (unpaired) electrons. The molecule has 8 nitrogen and oxygen atoms in total. The second-order valence-electron chi connectivity index (χ2n) is 10.6. The number of carbonyl (C=O) groups is 1. The fourth-order valence-corrected chi connectivity index (χ4v) is 6.65. The van der Waals surface area contributed by atoms with Gasteiger partial charge in [0.1, 0.15) is 6.33 Å². The van der Waals surface area contributed by atoms with Crippen molar-refractivity contribution in [1.29, 1.82) is 0 Å². The number of sulfone groups is 1. The molecule has 0 atom stereocenters. The number of anilines is 1. The molecular weight excluding hydrogens is 500 g/mol. The Kier molecular flexibility index (Phi) is 6.13. The Hall–Kier alpha value is -3.46. The Morgan fingerprint density at radius 1 is 1.13 bits per heavy atom. The van der Waals surface area contributed by atoms with Gasteiger partial charge in [-0.05, 0) is 66.6 Å². The third kappa shape index (κ3) is 4.22. The van der Waals surface area contributed by atoms with Gasteiger partial charge >= 0.3 is 6.03 Å². The first-order valence-electron chi connectivity index (χ1n) is 13.3. The van der Waals surface area contributed by atoms with Crippen LogP contribution in [0.4, 0.5) is 10.5 Å². The first-order valence-corrected chi connectivity index (χ1v) is 14.9. The van der Waals surface area contributed by atoms with E-state index in [0.717, 1.165) is 60.2 Å². The number of carbonyl (C=O) groups excluding carboxylic acids is 1. The van der Waals surface area contributed by atoms with Crippen LogP contribution in [0.3, 0.4) is 0 Å². The molecular formula is C29H32N4O4S. The van der Waals surface area contributed by atoms with Gasteiger partial charge in [0.25, 0.3) is 0 Å². The monoisotopic (exact) mass is 532 g/mol. The van der Waals surface area contributed by atoms with Gasteiger partial charge < -0.3 is 10.1 Å². The first-order chi connectivity index (χ1) is 18.3. The molecule has 38 heavy (non-hydrogen) atoms. The average molecular weight is 533 g/mol. The van der Waals surface area contributed by atoms with Gasteiger partial charge in [0.05, 0.1) is 29.0 Å². The standard InChI is InChI=1S/C29H32N4O4S/c1-3-38(35,36)22-10-5-19(6-11-22)16-30-28(34)33-17-29(13-4-14-29)23-15-21(9-12-24(23)33)25-26(20-7-8-20)31-18-32-27(25)37-2/h5-6,9-12,15,18,20H,3-4,7-8,13-14,16-17H2,1-2H3,(H,30,34). The normalized spacial score (nSPS) is 17.7. The fraction of sp³-hybridized carbons (Fsp3) is 0.414. The summed E-state index contributed by atoms with van der Waals surface area (Å²) in [6.45, 7) is 2.61. The number of nitrogens with zero attached hydrogens (tertiary/aromatic N) is 3. The molecule has 3 aromatic rings. The van der Waals surface area contributed by atoms with Crippen molar-refractivity contribution in [3.63, 3.8) is 0 Å². The molecule has 1 aromatic heterocycles. The second kappa shape index (κ2) is 9.38. The van der Waals surface area contributed by atoms with Crippen molar-refractivity contribution in [3.05, 3.63) is 65.6 Å². The van der Waals surface area contributed by atoms with Crippen LogP contribution in [0.1, 0.15) is 61.8 Å². The Morgan fingerprint density at radius 3 is 2.53 bits per heavy atom. The van der Waals surface area contributed by atoms with Crippen molar-refractivity contribution in [3.8, 4) is 17.0 Å². The SMILES string of the molecule is CCS(=O)(=O)c1ccc(CNC(=O)N2CC3(CCC3)c3cc(-c4c(OC)ncnc4C4CC4)ccc32)cc1. The van der Waals surface area contributed by atoms with Gasteiger partial charge in [0.15, 0.2) is 9.84 Å². The number of hydrogen-bond donors (Lipinski definition) is 1. The van der Waals surface area contributed by atoms with Gasteiger partial charge in [-0.15, -0.1) is 0 Å². The van der Waals surface area contributed by atoms with Crippen molar-refractivity contribution < 1.29 is 17.9 Å². The number of rotatable bonds is 7. The second-order valence-corrected chi connectivity index (χ2v) is 12.9. The van der Waals surface area contributed by atoms with Crippen LogP contribution in [0.5, 0.6) is 5.88 Å². The summed E-state index contributed by atoms with van der Waals surface area (Å²) in [5, 5.41) is 3.03. The summed E-state index contributed by atoms with van der Waals surface area (Å²) in [6.07, 6.45) is 7.10. The Balaban J connectivity index is 1.26. The maximum Gasteiger partial charge on any atom is 0.322 e. The zero-order chi connectivity index (χ0) is 26.5. The summed E-state index contributed by atoms with van der Waals surface area (Å²) in [7, 11) is -1.60. The fourth-order valence-electron chi connectivity index (χ4n) is 5.77. The summed E-state index contributed by atoms with van der Waals surface area (Å²) in [5.41, 5.74) is 6.03. The van der Waals surface area contributed by atoms with Crippen molar-refractivity contribution in [2.75, 3.05) is 24.3 Å². The van der Waals surface area contributed by atoms with Crippen LogP contribution in [0.2, 0.25) is 0 Å². The lowest BCUT2D eigenvalue weighted by atomic mass is 9.65. The lowest BCUT2D eigenvalue weighted by molar-refractivity contribution is 0.235. The van der Waals surface area contributed by atoms with E-state index < -0.39 is 9.84 Å². The van der Waals surface area contributed by atoms with Crippen molar-refractivity contribution in [2.45, 2.75) is 61.8 Å². The number of amides is 2. The highest BCUT2D eigenvalue weighted by Crippen LogP contribution is 2.54. The Bertz CT molecular complexity index is 1500. The zero-order valence-corrected chi connectivity index (χ0v) is 22.6. The van der Waals surface area contributed by atoms with Gasteiger partial charge in [-0.1, -0.05) is 31.5 Å². The number of hydrogen-bond acceptors (Lipinski definition) is 6. The van der Waals surface area contributed by atoms with Crippen LogP contribution in [0, 0.1) is 0 Å². The van der Waals surface area contributed by atoms with Crippen LogP contribution in [-0.4, -0.2) is 43.8 Å². The van der Waals surface area contributed by atoms with Crippen molar-refractivity contribution in [2.24, 2.45) is 0 Å². The van der Waals surface area contributed by atoms with Crippen molar-refractivity contribution >= 4 is 21.6 Å². The molecule has 2 aromatic carbocycles. The lowest BCUT2D eigenvalue weighted by Crippen LogP contribution is -2.45. The van der Waals surface area contributed by atoms with E-state index in [-0.39, 0.29) is 17.2 Å². The van der Waals surface area contributed by atoms with E-state index in [2.05, 4.69) is 27.4 Å². The minimum absolute atomic E-state index is 0.0263. The highest BCUT2D eigenvalue weighted by molar-refractivity contribution is 7.91. The Morgan fingerprint density at radius 2 is 1.89 bits per heavy atom. The topological polar surface area (TPSA) is 101 Å². The maximum absolute atomic E-state index is 13.4. The zero-order valence-electron chi connectivity index (χ0n) is 21.7. The number of methoxy groups -OCH3 is 1. The van der Waals surface area contributed by atoms with E-state index in [1.54, 1.807) is 44.6 Å². The van der Waals surface area contributed by atoms with Gasteiger partial charge in [-0.25, -0.2) is 23.2 Å². The van der Waals surface area contributed by atoms with E-state index in [1.165, 1.54) is 5.56 Å². The number of aromatic nitrogens is 2. The van der Waals surface area contributed by atoms with Gasteiger partial charge in [-0.2, -0.15) is 0 Å². The molecule has 6 rings (SSSR count). The molecule has 198 valence electrons. The van der Waals surface area contributed by atoms with E-state index in [4.69, 9.17) is 4.74 Å². The smallest absolute Gasteiger partial charge is 0.322 e. The molecule has 2 amide bonds. The van der Waals surface area contributed by atoms with Crippen LogP contribution < -0.4 is 15.0 Å². The van der Waals surface area contributed by atoms with Gasteiger partial charge in [0, 0.05) is 30.1 Å². The minimum Gasteiger partial charge on any atom is -0.480 e. The number of fused-ring (bicyclic) bond motifs is 2.